The third kappa shape index (κ3) is 4.42. The van der Waals surface area contributed by atoms with Crippen LogP contribution in [0.25, 0.3) is 11.0 Å². The van der Waals surface area contributed by atoms with Crippen LogP contribution in [0.4, 0.5) is 5.69 Å². The van der Waals surface area contributed by atoms with Gasteiger partial charge in [-0.2, -0.15) is 0 Å². The molecule has 180 valence electrons. The monoisotopic (exact) mass is 481 g/mol. The molecule has 5 rings (SSSR count). The number of para-hydroxylation sites is 1. The maximum Gasteiger partial charge on any atom is 0.245 e. The number of piperidine rings is 1. The van der Waals surface area contributed by atoms with Crippen molar-refractivity contribution in [3.05, 3.63) is 53.9 Å². The van der Waals surface area contributed by atoms with Gasteiger partial charge in [-0.1, -0.05) is 25.1 Å². The van der Waals surface area contributed by atoms with Crippen molar-refractivity contribution in [1.29, 1.82) is 0 Å². The Labute approximate surface area is 200 Å². The Morgan fingerprint density at radius 3 is 2.76 bits per heavy atom. The van der Waals surface area contributed by atoms with Gasteiger partial charge >= 0.3 is 0 Å². The predicted molar refractivity (Wildman–Crippen MR) is 132 cm³/mol. The number of benzene rings is 2. The molecule has 0 saturated carbocycles. The van der Waals surface area contributed by atoms with E-state index in [0.29, 0.717) is 24.6 Å². The van der Waals surface area contributed by atoms with Crippen LogP contribution in [-0.4, -0.2) is 54.9 Å². The molecule has 2 aliphatic rings. The largest absolute Gasteiger partial charge is 0.358 e. The van der Waals surface area contributed by atoms with Crippen molar-refractivity contribution in [2.24, 2.45) is 11.1 Å². The number of nitrogens with one attached hydrogen (secondary N) is 1. The van der Waals surface area contributed by atoms with Gasteiger partial charge in [0.1, 0.15) is 10.9 Å². The van der Waals surface area contributed by atoms with Crippen LogP contribution in [0.1, 0.15) is 37.3 Å². The number of rotatable bonds is 5. The summed E-state index contributed by atoms with van der Waals surface area (Å²) in [7, 11) is -3.94. The summed E-state index contributed by atoms with van der Waals surface area (Å²) >= 11 is 0. The lowest BCUT2D eigenvalue weighted by Gasteiger charge is -2.41. The van der Waals surface area contributed by atoms with E-state index >= 15 is 0 Å². The first-order chi connectivity index (χ1) is 16.3. The Bertz CT molecular complexity index is 1310. The molecular weight excluding hydrogens is 450 g/mol. The first-order valence-corrected chi connectivity index (χ1v) is 13.5. The lowest BCUT2D eigenvalue weighted by Crippen LogP contribution is -2.53. The number of H-pyrrole nitrogens is 1. The van der Waals surface area contributed by atoms with E-state index < -0.39 is 16.1 Å². The fraction of sp³-hybridized carbons (Fsp3) is 0.440. The summed E-state index contributed by atoms with van der Waals surface area (Å²) in [5.41, 5.74) is 4.28. The minimum absolute atomic E-state index is 0.0473. The van der Waals surface area contributed by atoms with Gasteiger partial charge in [0.2, 0.25) is 15.9 Å². The SMILES string of the molecule is CC1CCN(C(=O)C(Cc2ccc3[nH]cnc3c2)N2CCCc3cccc(S(N)(=O)=O)c32)CC1. The van der Waals surface area contributed by atoms with Crippen LogP contribution in [0.15, 0.2) is 47.6 Å². The number of nitrogens with two attached hydrogens (primary N) is 1. The maximum atomic E-state index is 14.0. The highest BCUT2D eigenvalue weighted by Crippen LogP contribution is 2.36. The molecule has 1 amide bonds. The Kier molecular flexibility index (Phi) is 6.07. The Morgan fingerprint density at radius 2 is 2.00 bits per heavy atom. The molecule has 8 nitrogen and oxygen atoms in total. The number of primary sulfonamides is 1. The van der Waals surface area contributed by atoms with Crippen molar-refractivity contribution in [2.45, 2.75) is 50.0 Å². The fourth-order valence-corrected chi connectivity index (χ4v) is 6.07. The van der Waals surface area contributed by atoms with Crippen molar-refractivity contribution >= 4 is 32.7 Å². The van der Waals surface area contributed by atoms with Gasteiger partial charge in [-0.05, 0) is 60.9 Å². The summed E-state index contributed by atoms with van der Waals surface area (Å²) in [4.78, 5) is 25.5. The van der Waals surface area contributed by atoms with Gasteiger partial charge in [0.25, 0.3) is 0 Å². The molecule has 1 saturated heterocycles. The number of aryl methyl sites for hydroxylation is 1. The average molecular weight is 482 g/mol. The molecule has 2 aromatic carbocycles. The fourth-order valence-electron chi connectivity index (χ4n) is 5.29. The van der Waals surface area contributed by atoms with Crippen molar-refractivity contribution < 1.29 is 13.2 Å². The number of imidazole rings is 1. The lowest BCUT2D eigenvalue weighted by molar-refractivity contribution is -0.134. The van der Waals surface area contributed by atoms with Crippen LogP contribution >= 0.6 is 0 Å². The van der Waals surface area contributed by atoms with Crippen molar-refractivity contribution in [2.75, 3.05) is 24.5 Å². The molecule has 9 heteroatoms. The quantitative estimate of drug-likeness (QED) is 0.582. The molecular formula is C25H31N5O3S. The minimum Gasteiger partial charge on any atom is -0.358 e. The third-order valence-electron chi connectivity index (χ3n) is 7.19. The third-order valence-corrected chi connectivity index (χ3v) is 8.14. The van der Waals surface area contributed by atoms with E-state index in [4.69, 9.17) is 5.14 Å². The van der Waals surface area contributed by atoms with Crippen molar-refractivity contribution in [3.63, 3.8) is 0 Å². The molecule has 0 spiro atoms. The first kappa shape index (κ1) is 22.9. The van der Waals surface area contributed by atoms with Crippen LogP contribution in [-0.2, 0) is 27.7 Å². The zero-order chi connectivity index (χ0) is 23.9. The molecule has 0 bridgehead atoms. The van der Waals surface area contributed by atoms with E-state index in [0.717, 1.165) is 60.9 Å². The molecule has 3 heterocycles. The highest BCUT2D eigenvalue weighted by molar-refractivity contribution is 7.89. The van der Waals surface area contributed by atoms with Gasteiger partial charge in [-0.3, -0.25) is 4.79 Å². The number of nitrogens with zero attached hydrogens (tertiary/aromatic N) is 3. The van der Waals surface area contributed by atoms with E-state index in [1.807, 2.05) is 34.1 Å². The average Bonchev–Trinajstić information content (AvgIpc) is 3.29. The van der Waals surface area contributed by atoms with Crippen LogP contribution in [0.3, 0.4) is 0 Å². The number of sulfonamides is 1. The van der Waals surface area contributed by atoms with E-state index in [9.17, 15) is 13.2 Å². The van der Waals surface area contributed by atoms with Crippen LogP contribution < -0.4 is 10.0 Å². The number of likely N-dealkylation sites (tertiary alicyclic amines) is 1. The summed E-state index contributed by atoms with van der Waals surface area (Å²) in [6.07, 6.45) is 5.70. The number of fused-ring (bicyclic) bond motifs is 2. The normalized spacial score (nSPS) is 18.2. The maximum absolute atomic E-state index is 14.0. The standard InChI is InChI=1S/C25H31N5O3S/c1-17-9-12-29(13-10-17)25(31)22(15-18-7-8-20-21(14-18)28-16-27-20)30-11-3-5-19-4-2-6-23(24(19)30)34(26,32)33/h2,4,6-8,14,16-17,22H,3,5,9-13,15H2,1H3,(H,27,28)(H2,26,32,33). The smallest absolute Gasteiger partial charge is 0.245 e. The van der Waals surface area contributed by atoms with Gasteiger partial charge in [-0.25, -0.2) is 18.5 Å². The van der Waals surface area contributed by atoms with Crippen LogP contribution in [0.2, 0.25) is 0 Å². The highest BCUT2D eigenvalue weighted by Gasteiger charge is 2.36. The Hall–Kier alpha value is -2.91. The minimum atomic E-state index is -3.94. The van der Waals surface area contributed by atoms with E-state index in [1.54, 1.807) is 18.5 Å². The molecule has 34 heavy (non-hydrogen) atoms. The second-order valence-electron chi connectivity index (χ2n) is 9.59. The van der Waals surface area contributed by atoms with Gasteiger partial charge in [-0.15, -0.1) is 0 Å². The summed E-state index contributed by atoms with van der Waals surface area (Å²) in [6.45, 7) is 4.28. The molecule has 3 N–H and O–H groups in total. The van der Waals surface area contributed by atoms with Gasteiger partial charge in [0, 0.05) is 26.1 Å². The molecule has 1 atom stereocenters. The Morgan fingerprint density at radius 1 is 1.21 bits per heavy atom. The molecule has 3 aromatic rings. The highest BCUT2D eigenvalue weighted by atomic mass is 32.2. The lowest BCUT2D eigenvalue weighted by atomic mass is 9.94. The van der Waals surface area contributed by atoms with E-state index in [2.05, 4.69) is 16.9 Å². The predicted octanol–water partition coefficient (Wildman–Crippen LogP) is 2.83. The van der Waals surface area contributed by atoms with E-state index in [-0.39, 0.29) is 10.8 Å². The first-order valence-electron chi connectivity index (χ1n) is 11.9. The molecule has 0 aliphatic carbocycles. The molecule has 2 aliphatic heterocycles. The number of aromatic nitrogens is 2. The van der Waals surface area contributed by atoms with Gasteiger partial charge in [0.05, 0.1) is 23.0 Å². The van der Waals surface area contributed by atoms with Crippen LogP contribution in [0.5, 0.6) is 0 Å². The molecule has 0 radical (unpaired) electrons. The van der Waals surface area contributed by atoms with Crippen molar-refractivity contribution in [1.82, 2.24) is 14.9 Å². The molecule has 1 aromatic heterocycles. The number of hydrogen-bond acceptors (Lipinski definition) is 5. The number of carbonyl (C=O) groups excluding carboxylic acids is 1. The Balaban J connectivity index is 1.57. The summed E-state index contributed by atoms with van der Waals surface area (Å²) in [5, 5.41) is 5.62. The second-order valence-corrected chi connectivity index (χ2v) is 11.1. The number of amides is 1. The second kappa shape index (κ2) is 9.03. The summed E-state index contributed by atoms with van der Waals surface area (Å²) in [5.74, 6) is 0.653. The number of carbonyl (C=O) groups is 1. The zero-order valence-electron chi connectivity index (χ0n) is 19.4. The number of aromatic amines is 1. The number of anilines is 1. The van der Waals surface area contributed by atoms with E-state index in [1.165, 1.54) is 0 Å². The van der Waals surface area contributed by atoms with Crippen LogP contribution in [0, 0.1) is 5.92 Å². The molecule has 1 unspecified atom stereocenters. The van der Waals surface area contributed by atoms with Gasteiger partial charge < -0.3 is 14.8 Å². The topological polar surface area (TPSA) is 112 Å². The van der Waals surface area contributed by atoms with Crippen molar-refractivity contribution in [3.8, 4) is 0 Å². The van der Waals surface area contributed by atoms with Gasteiger partial charge in [0.15, 0.2) is 0 Å². The zero-order valence-corrected chi connectivity index (χ0v) is 20.2. The summed E-state index contributed by atoms with van der Waals surface area (Å²) < 4.78 is 25.0. The molecule has 1 fully saturated rings. The summed E-state index contributed by atoms with van der Waals surface area (Å²) in [6, 6.07) is 10.7. The number of hydrogen-bond donors (Lipinski definition) is 2.